The molecule has 0 aromatic carbocycles. The molecule has 2 N–H and O–H groups in total. The van der Waals surface area contributed by atoms with E-state index in [9.17, 15) is 8.42 Å². The molecule has 1 aliphatic rings. The second-order valence-electron chi connectivity index (χ2n) is 5.04. The molecule has 2 unspecified atom stereocenters. The molecule has 0 aromatic rings. The monoisotopic (exact) mass is 262 g/mol. The summed E-state index contributed by atoms with van der Waals surface area (Å²) in [6.07, 6.45) is 4.34. The molecule has 5 heteroatoms. The van der Waals surface area contributed by atoms with Gasteiger partial charge in [-0.3, -0.25) is 0 Å². The maximum atomic E-state index is 11.7. The fourth-order valence-electron chi connectivity index (χ4n) is 2.40. The van der Waals surface area contributed by atoms with Crippen LogP contribution in [0.2, 0.25) is 0 Å². The van der Waals surface area contributed by atoms with Crippen molar-refractivity contribution in [1.82, 2.24) is 10.0 Å². The Hall–Kier alpha value is -0.130. The summed E-state index contributed by atoms with van der Waals surface area (Å²) in [4.78, 5) is 0. The van der Waals surface area contributed by atoms with Crippen molar-refractivity contribution in [2.45, 2.75) is 39.5 Å². The van der Waals surface area contributed by atoms with Crippen molar-refractivity contribution in [3.05, 3.63) is 0 Å². The summed E-state index contributed by atoms with van der Waals surface area (Å²) in [5.41, 5.74) is 0. The zero-order valence-electron chi connectivity index (χ0n) is 11.0. The molecule has 1 aliphatic carbocycles. The molecule has 0 aliphatic heterocycles. The Morgan fingerprint density at radius 1 is 1.29 bits per heavy atom. The Labute approximate surface area is 106 Å². The van der Waals surface area contributed by atoms with E-state index in [1.807, 2.05) is 6.92 Å². The molecule has 0 spiro atoms. The van der Waals surface area contributed by atoms with Gasteiger partial charge in [-0.2, -0.15) is 0 Å². The summed E-state index contributed by atoms with van der Waals surface area (Å²) in [5, 5.41) is 3.13. The van der Waals surface area contributed by atoms with Crippen LogP contribution in [-0.2, 0) is 10.0 Å². The minimum Gasteiger partial charge on any atom is -0.317 e. The lowest BCUT2D eigenvalue weighted by Crippen LogP contribution is -2.33. The molecule has 1 fully saturated rings. The van der Waals surface area contributed by atoms with Crippen LogP contribution in [0.15, 0.2) is 0 Å². The predicted molar refractivity (Wildman–Crippen MR) is 71.5 cm³/mol. The molecule has 0 saturated heterocycles. The van der Waals surface area contributed by atoms with Crippen molar-refractivity contribution < 1.29 is 8.42 Å². The van der Waals surface area contributed by atoms with Crippen molar-refractivity contribution in [3.63, 3.8) is 0 Å². The van der Waals surface area contributed by atoms with Crippen LogP contribution < -0.4 is 10.0 Å². The van der Waals surface area contributed by atoms with Gasteiger partial charge in [-0.1, -0.05) is 26.7 Å². The number of hydrogen-bond acceptors (Lipinski definition) is 3. The molecule has 17 heavy (non-hydrogen) atoms. The molecule has 102 valence electrons. The van der Waals surface area contributed by atoms with Crippen LogP contribution in [-0.4, -0.2) is 33.8 Å². The third kappa shape index (κ3) is 5.84. The van der Waals surface area contributed by atoms with Gasteiger partial charge >= 0.3 is 0 Å². The lowest BCUT2D eigenvalue weighted by Gasteiger charge is -2.16. The van der Waals surface area contributed by atoms with E-state index in [2.05, 4.69) is 17.0 Å². The van der Waals surface area contributed by atoms with Gasteiger partial charge in [0.1, 0.15) is 0 Å². The standard InChI is InChI=1S/C12H26N2O2S/c1-3-13-8-5-9-17(15,16)14-10-12-7-4-6-11(12)2/h11-14H,3-10H2,1-2H3. The smallest absolute Gasteiger partial charge is 0.211 e. The number of nitrogens with one attached hydrogen (secondary N) is 2. The Bertz CT molecular complexity index is 304. The highest BCUT2D eigenvalue weighted by Gasteiger charge is 2.24. The molecule has 2 atom stereocenters. The van der Waals surface area contributed by atoms with Gasteiger partial charge in [0, 0.05) is 6.54 Å². The zero-order chi connectivity index (χ0) is 12.7. The third-order valence-corrected chi connectivity index (χ3v) is 5.05. The minimum atomic E-state index is -3.06. The summed E-state index contributed by atoms with van der Waals surface area (Å²) >= 11 is 0. The molecule has 1 saturated carbocycles. The fourth-order valence-corrected chi connectivity index (χ4v) is 3.53. The first kappa shape index (κ1) is 14.9. The van der Waals surface area contributed by atoms with Crippen molar-refractivity contribution in [3.8, 4) is 0 Å². The van der Waals surface area contributed by atoms with Gasteiger partial charge in [0.2, 0.25) is 10.0 Å². The van der Waals surface area contributed by atoms with E-state index in [4.69, 9.17) is 0 Å². The van der Waals surface area contributed by atoms with Gasteiger partial charge in [0.15, 0.2) is 0 Å². The fraction of sp³-hybridized carbons (Fsp3) is 1.00. The Kier molecular flexibility index (Phi) is 6.44. The van der Waals surface area contributed by atoms with Gasteiger partial charge in [-0.05, 0) is 37.8 Å². The van der Waals surface area contributed by atoms with Gasteiger partial charge < -0.3 is 5.32 Å². The van der Waals surface area contributed by atoms with Crippen LogP contribution in [0.4, 0.5) is 0 Å². The zero-order valence-corrected chi connectivity index (χ0v) is 11.9. The van der Waals surface area contributed by atoms with Gasteiger partial charge in [-0.15, -0.1) is 0 Å². The van der Waals surface area contributed by atoms with Crippen LogP contribution in [0.1, 0.15) is 39.5 Å². The highest BCUT2D eigenvalue weighted by molar-refractivity contribution is 7.89. The molecule has 0 heterocycles. The molecule has 0 amide bonds. The van der Waals surface area contributed by atoms with Gasteiger partial charge in [-0.25, -0.2) is 13.1 Å². The Morgan fingerprint density at radius 3 is 2.65 bits per heavy atom. The van der Waals surface area contributed by atoms with Crippen molar-refractivity contribution in [2.75, 3.05) is 25.4 Å². The number of sulfonamides is 1. The predicted octanol–water partition coefficient (Wildman–Crippen LogP) is 1.34. The summed E-state index contributed by atoms with van der Waals surface area (Å²) < 4.78 is 26.2. The van der Waals surface area contributed by atoms with E-state index >= 15 is 0 Å². The Balaban J connectivity index is 2.19. The lowest BCUT2D eigenvalue weighted by molar-refractivity contribution is 0.414. The van der Waals surface area contributed by atoms with E-state index in [1.54, 1.807) is 0 Å². The maximum absolute atomic E-state index is 11.7. The van der Waals surface area contributed by atoms with E-state index < -0.39 is 10.0 Å². The highest BCUT2D eigenvalue weighted by atomic mass is 32.2. The quantitative estimate of drug-likeness (QED) is 0.649. The first-order chi connectivity index (χ1) is 8.05. The largest absolute Gasteiger partial charge is 0.317 e. The lowest BCUT2D eigenvalue weighted by atomic mass is 9.99. The molecular formula is C12H26N2O2S. The van der Waals surface area contributed by atoms with Crippen molar-refractivity contribution in [1.29, 1.82) is 0 Å². The summed E-state index contributed by atoms with van der Waals surface area (Å²) in [7, 11) is -3.06. The summed E-state index contributed by atoms with van der Waals surface area (Å²) in [6.45, 7) is 6.54. The maximum Gasteiger partial charge on any atom is 0.211 e. The summed E-state index contributed by atoms with van der Waals surface area (Å²) in [5.74, 6) is 1.44. The van der Waals surface area contributed by atoms with E-state index in [0.717, 1.165) is 13.1 Å². The summed E-state index contributed by atoms with van der Waals surface area (Å²) in [6, 6.07) is 0. The first-order valence-electron chi connectivity index (χ1n) is 6.73. The molecule has 1 rings (SSSR count). The van der Waals surface area contributed by atoms with Crippen molar-refractivity contribution in [2.24, 2.45) is 11.8 Å². The molecule has 4 nitrogen and oxygen atoms in total. The SMILES string of the molecule is CCNCCCS(=O)(=O)NCC1CCCC1C. The number of hydrogen-bond donors (Lipinski definition) is 2. The van der Waals surface area contributed by atoms with E-state index in [-0.39, 0.29) is 5.75 Å². The average Bonchev–Trinajstić information content (AvgIpc) is 2.68. The average molecular weight is 262 g/mol. The highest BCUT2D eigenvalue weighted by Crippen LogP contribution is 2.30. The van der Waals surface area contributed by atoms with Gasteiger partial charge in [0.05, 0.1) is 5.75 Å². The second-order valence-corrected chi connectivity index (χ2v) is 6.97. The third-order valence-electron chi connectivity index (χ3n) is 3.62. The molecule has 0 bridgehead atoms. The number of rotatable bonds is 8. The van der Waals surface area contributed by atoms with Crippen LogP contribution in [0.3, 0.4) is 0 Å². The Morgan fingerprint density at radius 2 is 2.06 bits per heavy atom. The van der Waals surface area contributed by atoms with Gasteiger partial charge in [0.25, 0.3) is 0 Å². The van der Waals surface area contributed by atoms with Crippen LogP contribution in [0, 0.1) is 11.8 Å². The molecule has 0 radical (unpaired) electrons. The van der Waals surface area contributed by atoms with E-state index in [1.165, 1.54) is 19.3 Å². The molecule has 0 aromatic heterocycles. The topological polar surface area (TPSA) is 58.2 Å². The first-order valence-corrected chi connectivity index (χ1v) is 8.38. The van der Waals surface area contributed by atoms with E-state index in [0.29, 0.717) is 24.8 Å². The normalized spacial score (nSPS) is 25.3. The van der Waals surface area contributed by atoms with Crippen LogP contribution in [0.25, 0.3) is 0 Å². The molecular weight excluding hydrogens is 236 g/mol. The van der Waals surface area contributed by atoms with Crippen molar-refractivity contribution >= 4 is 10.0 Å². The minimum absolute atomic E-state index is 0.237. The van der Waals surface area contributed by atoms with Crippen LogP contribution >= 0.6 is 0 Å². The second kappa shape index (κ2) is 7.34. The van der Waals surface area contributed by atoms with Crippen LogP contribution in [0.5, 0.6) is 0 Å².